The number of hydrogen-bond acceptors (Lipinski definition) is 5. The van der Waals surface area contributed by atoms with Crippen molar-refractivity contribution in [3.8, 4) is 5.75 Å². The van der Waals surface area contributed by atoms with Crippen LogP contribution < -0.4 is 10.1 Å². The minimum absolute atomic E-state index is 0.155. The van der Waals surface area contributed by atoms with E-state index in [0.717, 1.165) is 42.3 Å². The highest BCUT2D eigenvalue weighted by Crippen LogP contribution is 2.48. The average molecular weight is 582 g/mol. The predicted molar refractivity (Wildman–Crippen MR) is 167 cm³/mol. The molecule has 234 valence electrons. The summed E-state index contributed by atoms with van der Waals surface area (Å²) in [4.78, 5) is 41.7. The molecule has 42 heavy (non-hydrogen) atoms. The summed E-state index contributed by atoms with van der Waals surface area (Å²) in [5, 5.41) is 2.38. The zero-order valence-electron chi connectivity index (χ0n) is 27.1. The molecule has 3 aliphatic rings. The Morgan fingerprint density at radius 3 is 2.45 bits per heavy atom. The molecule has 0 bridgehead atoms. The Morgan fingerprint density at radius 1 is 1.07 bits per heavy atom. The second-order valence-corrected chi connectivity index (χ2v) is 13.9. The van der Waals surface area contributed by atoms with Crippen molar-refractivity contribution < 1.29 is 19.1 Å². The van der Waals surface area contributed by atoms with Crippen molar-refractivity contribution >= 4 is 17.7 Å². The molecule has 1 aliphatic carbocycles. The maximum atomic E-state index is 13.3. The lowest BCUT2D eigenvalue weighted by molar-refractivity contribution is -0.136. The van der Waals surface area contributed by atoms with Crippen molar-refractivity contribution in [1.29, 1.82) is 0 Å². The van der Waals surface area contributed by atoms with Crippen LogP contribution in [-0.4, -0.2) is 59.8 Å². The van der Waals surface area contributed by atoms with Gasteiger partial charge in [-0.2, -0.15) is 0 Å². The van der Waals surface area contributed by atoms with Gasteiger partial charge < -0.3 is 14.5 Å². The molecule has 1 aromatic carbocycles. The van der Waals surface area contributed by atoms with E-state index in [-0.39, 0.29) is 24.1 Å². The second kappa shape index (κ2) is 14.4. The predicted octanol–water partition coefficient (Wildman–Crippen LogP) is 6.51. The van der Waals surface area contributed by atoms with Crippen LogP contribution in [0.3, 0.4) is 0 Å². The van der Waals surface area contributed by atoms with Crippen LogP contribution in [0.15, 0.2) is 12.1 Å². The number of nitrogens with zero attached hydrogens (tertiary/aromatic N) is 2. The Hall–Kier alpha value is -2.41. The number of aryl methyl sites for hydroxylation is 1. The standard InChI is InChI=1S/C35H55N3O4/c1-7-13-35(14-8-2)15-12-26(19-35)20-37(16-9-3)21-28(24(4)5)23-42-31-18-29-27(17-25(31)6)22-38(34(29)41)30-10-11-32(39)36-33(30)40/h17-18,24,26,28,30H,7-16,19-23H2,1-6H3,(H,36,39,40). The summed E-state index contributed by atoms with van der Waals surface area (Å²) in [5.41, 5.74) is 3.11. The average Bonchev–Trinajstić information content (AvgIpc) is 3.46. The molecular formula is C35H55N3O4. The number of hydrogen-bond donors (Lipinski definition) is 1. The number of fused-ring (bicyclic) bond motifs is 1. The first-order chi connectivity index (χ1) is 20.1. The lowest BCUT2D eigenvalue weighted by Crippen LogP contribution is -2.52. The molecule has 1 saturated heterocycles. The molecule has 2 heterocycles. The smallest absolute Gasteiger partial charge is 0.255 e. The molecule has 1 aromatic rings. The third kappa shape index (κ3) is 7.56. The van der Waals surface area contributed by atoms with Gasteiger partial charge in [-0.3, -0.25) is 19.7 Å². The van der Waals surface area contributed by atoms with Gasteiger partial charge in [-0.05, 0) is 98.9 Å². The number of carbonyl (C=O) groups excluding carboxylic acids is 3. The molecule has 4 rings (SSSR count). The van der Waals surface area contributed by atoms with Gasteiger partial charge in [-0.25, -0.2) is 0 Å². The molecule has 0 spiro atoms. The number of nitrogens with one attached hydrogen (secondary N) is 1. The fourth-order valence-corrected chi connectivity index (χ4v) is 7.92. The molecule has 2 fully saturated rings. The third-order valence-corrected chi connectivity index (χ3v) is 10.1. The molecule has 1 N–H and O–H groups in total. The summed E-state index contributed by atoms with van der Waals surface area (Å²) in [7, 11) is 0. The summed E-state index contributed by atoms with van der Waals surface area (Å²) in [6.07, 6.45) is 11.3. The van der Waals surface area contributed by atoms with Crippen molar-refractivity contribution in [1.82, 2.24) is 15.1 Å². The fourth-order valence-electron chi connectivity index (χ4n) is 7.92. The Labute approximate surface area is 254 Å². The van der Waals surface area contributed by atoms with Gasteiger partial charge in [0.05, 0.1) is 6.61 Å². The first-order valence-corrected chi connectivity index (χ1v) is 16.7. The van der Waals surface area contributed by atoms with Crippen LogP contribution in [0, 0.1) is 30.1 Å². The number of ether oxygens (including phenoxy) is 1. The van der Waals surface area contributed by atoms with Gasteiger partial charge in [-0.15, -0.1) is 0 Å². The van der Waals surface area contributed by atoms with Crippen molar-refractivity contribution in [2.75, 3.05) is 26.2 Å². The SMILES string of the molecule is CCCN(CC1CCC(CCC)(CCC)C1)CC(COc1cc2c(cc1C)CN(C1CCC(=O)NC1=O)C2=O)C(C)C. The molecular weight excluding hydrogens is 526 g/mol. The quantitative estimate of drug-likeness (QED) is 0.239. The minimum atomic E-state index is -0.601. The molecule has 3 unspecified atom stereocenters. The Balaban J connectivity index is 1.39. The maximum Gasteiger partial charge on any atom is 0.255 e. The highest BCUT2D eigenvalue weighted by atomic mass is 16.5. The van der Waals surface area contributed by atoms with Gasteiger partial charge >= 0.3 is 0 Å². The monoisotopic (exact) mass is 581 g/mol. The summed E-state index contributed by atoms with van der Waals surface area (Å²) in [5.74, 6) is 1.60. The number of benzene rings is 1. The first-order valence-electron chi connectivity index (χ1n) is 16.7. The van der Waals surface area contributed by atoms with Crippen LogP contribution in [0.25, 0.3) is 0 Å². The topological polar surface area (TPSA) is 79.0 Å². The Morgan fingerprint density at radius 2 is 1.81 bits per heavy atom. The van der Waals surface area contributed by atoms with E-state index in [1.807, 2.05) is 19.1 Å². The van der Waals surface area contributed by atoms with Gasteiger partial charge in [-0.1, -0.05) is 47.5 Å². The molecule has 2 aliphatic heterocycles. The Bertz CT molecular complexity index is 1110. The van der Waals surface area contributed by atoms with Gasteiger partial charge in [0.25, 0.3) is 5.91 Å². The van der Waals surface area contributed by atoms with Crippen molar-refractivity contribution in [3.63, 3.8) is 0 Å². The van der Waals surface area contributed by atoms with E-state index in [4.69, 9.17) is 4.74 Å². The minimum Gasteiger partial charge on any atom is -0.493 e. The summed E-state index contributed by atoms with van der Waals surface area (Å²) >= 11 is 0. The first kappa shape index (κ1) is 32.5. The van der Waals surface area contributed by atoms with Gasteiger partial charge in [0.1, 0.15) is 11.8 Å². The molecule has 0 radical (unpaired) electrons. The van der Waals surface area contributed by atoms with Crippen LogP contribution in [0.5, 0.6) is 5.75 Å². The molecule has 0 aromatic heterocycles. The molecule has 7 nitrogen and oxygen atoms in total. The van der Waals surface area contributed by atoms with Crippen molar-refractivity contribution in [2.45, 2.75) is 118 Å². The van der Waals surface area contributed by atoms with Crippen LogP contribution >= 0.6 is 0 Å². The second-order valence-electron chi connectivity index (χ2n) is 13.9. The number of amides is 3. The van der Waals surface area contributed by atoms with E-state index in [0.29, 0.717) is 42.4 Å². The Kier molecular flexibility index (Phi) is 11.1. The molecule has 7 heteroatoms. The van der Waals surface area contributed by atoms with Crippen molar-refractivity contribution in [2.24, 2.45) is 23.2 Å². The highest BCUT2D eigenvalue weighted by molar-refractivity contribution is 6.05. The molecule has 3 atom stereocenters. The number of imide groups is 1. The normalized spacial score (nSPS) is 22.7. The van der Waals surface area contributed by atoms with Gasteiger partial charge in [0.2, 0.25) is 11.8 Å². The number of carbonyl (C=O) groups is 3. The zero-order chi connectivity index (χ0) is 30.4. The van der Waals surface area contributed by atoms with Gasteiger partial charge in [0, 0.05) is 37.5 Å². The summed E-state index contributed by atoms with van der Waals surface area (Å²) < 4.78 is 6.47. The largest absolute Gasteiger partial charge is 0.493 e. The van der Waals surface area contributed by atoms with E-state index in [1.165, 1.54) is 51.5 Å². The van der Waals surface area contributed by atoms with Crippen LogP contribution in [0.2, 0.25) is 0 Å². The number of rotatable bonds is 15. The lowest BCUT2D eigenvalue weighted by atomic mass is 9.77. The number of piperidine rings is 1. The summed E-state index contributed by atoms with van der Waals surface area (Å²) in [6.45, 7) is 17.9. The van der Waals surface area contributed by atoms with Crippen LogP contribution in [-0.2, 0) is 16.1 Å². The van der Waals surface area contributed by atoms with E-state index < -0.39 is 6.04 Å². The van der Waals surface area contributed by atoms with Crippen LogP contribution in [0.4, 0.5) is 0 Å². The third-order valence-electron chi connectivity index (χ3n) is 10.1. The lowest BCUT2D eigenvalue weighted by Gasteiger charge is -2.33. The highest BCUT2D eigenvalue weighted by Gasteiger charge is 2.40. The van der Waals surface area contributed by atoms with E-state index in [2.05, 4.69) is 44.8 Å². The summed E-state index contributed by atoms with van der Waals surface area (Å²) in [6, 6.07) is 3.30. The van der Waals surface area contributed by atoms with Gasteiger partial charge in [0.15, 0.2) is 0 Å². The van der Waals surface area contributed by atoms with E-state index >= 15 is 0 Å². The molecule has 3 amide bonds. The fraction of sp³-hybridized carbons (Fsp3) is 0.743. The van der Waals surface area contributed by atoms with Crippen LogP contribution in [0.1, 0.15) is 120 Å². The zero-order valence-corrected chi connectivity index (χ0v) is 27.1. The molecule has 1 saturated carbocycles. The van der Waals surface area contributed by atoms with E-state index in [1.54, 1.807) is 4.90 Å². The van der Waals surface area contributed by atoms with E-state index in [9.17, 15) is 14.4 Å². The van der Waals surface area contributed by atoms with Crippen molar-refractivity contribution in [3.05, 3.63) is 28.8 Å². The maximum absolute atomic E-state index is 13.3.